The molecule has 0 spiro atoms. The first-order valence-corrected chi connectivity index (χ1v) is 7.77. The Morgan fingerprint density at radius 3 is 2.50 bits per heavy atom. The van der Waals surface area contributed by atoms with E-state index in [9.17, 15) is 0 Å². The van der Waals surface area contributed by atoms with Crippen LogP contribution in [0.1, 0.15) is 54.8 Å². The van der Waals surface area contributed by atoms with E-state index in [1.54, 1.807) is 30.6 Å². The largest absolute Gasteiger partial charge is 0.439 e. The highest BCUT2D eigenvalue weighted by Gasteiger charge is 2.23. The molecule has 4 nitrogen and oxygen atoms in total. The molecule has 1 aromatic heterocycles. The number of ether oxygens (including phenoxy) is 1. The molecule has 1 aromatic carbocycles. The quantitative estimate of drug-likeness (QED) is 0.836. The van der Waals surface area contributed by atoms with Gasteiger partial charge >= 0.3 is 0 Å². The molecule has 112 valence electrons. The summed E-state index contributed by atoms with van der Waals surface area (Å²) in [4.78, 5) is 8.70. The molecule has 4 heteroatoms. The van der Waals surface area contributed by atoms with Gasteiger partial charge in [-0.3, -0.25) is 0 Å². The fraction of sp³-hybridized carbons (Fsp3) is 0.389. The van der Waals surface area contributed by atoms with Gasteiger partial charge in [-0.2, -0.15) is 5.26 Å². The van der Waals surface area contributed by atoms with Crippen molar-refractivity contribution < 1.29 is 4.74 Å². The van der Waals surface area contributed by atoms with Crippen molar-refractivity contribution in [1.29, 1.82) is 5.26 Å². The summed E-state index contributed by atoms with van der Waals surface area (Å²) in [7, 11) is 0. The van der Waals surface area contributed by atoms with Gasteiger partial charge in [0.1, 0.15) is 12.1 Å². The highest BCUT2D eigenvalue weighted by Crippen LogP contribution is 2.39. The third-order valence-electron chi connectivity index (χ3n) is 4.26. The van der Waals surface area contributed by atoms with E-state index in [0.29, 0.717) is 23.1 Å². The van der Waals surface area contributed by atoms with E-state index >= 15 is 0 Å². The smallest absolute Gasteiger partial charge is 0.226 e. The van der Waals surface area contributed by atoms with Crippen molar-refractivity contribution in [2.45, 2.75) is 44.9 Å². The summed E-state index contributed by atoms with van der Waals surface area (Å²) in [5, 5.41) is 8.86. The number of aryl methyl sites for hydroxylation is 1. The Hall–Kier alpha value is -2.41. The Morgan fingerprint density at radius 2 is 1.82 bits per heavy atom. The molecule has 0 bridgehead atoms. The van der Waals surface area contributed by atoms with Gasteiger partial charge in [0.2, 0.25) is 5.88 Å². The summed E-state index contributed by atoms with van der Waals surface area (Å²) >= 11 is 0. The van der Waals surface area contributed by atoms with Crippen molar-refractivity contribution in [3.05, 3.63) is 47.4 Å². The first kappa shape index (κ1) is 14.5. The van der Waals surface area contributed by atoms with Gasteiger partial charge in [0.05, 0.1) is 11.6 Å². The minimum absolute atomic E-state index is 0.489. The topological polar surface area (TPSA) is 58.8 Å². The number of hydrogen-bond acceptors (Lipinski definition) is 4. The van der Waals surface area contributed by atoms with Crippen molar-refractivity contribution in [1.82, 2.24) is 9.97 Å². The van der Waals surface area contributed by atoms with Crippen molar-refractivity contribution in [3.8, 4) is 17.7 Å². The second-order valence-electron chi connectivity index (χ2n) is 5.75. The molecule has 1 aliphatic rings. The van der Waals surface area contributed by atoms with E-state index in [0.717, 1.165) is 11.3 Å². The lowest BCUT2D eigenvalue weighted by atomic mass is 9.84. The maximum atomic E-state index is 8.86. The monoisotopic (exact) mass is 293 g/mol. The molecule has 0 N–H and O–H groups in total. The van der Waals surface area contributed by atoms with Crippen LogP contribution in [0.4, 0.5) is 0 Å². The van der Waals surface area contributed by atoms with Crippen LogP contribution >= 0.6 is 0 Å². The number of rotatable bonds is 3. The maximum absolute atomic E-state index is 8.86. The van der Waals surface area contributed by atoms with Crippen LogP contribution in [0.5, 0.6) is 11.6 Å². The number of aromatic nitrogens is 2. The average molecular weight is 293 g/mol. The third-order valence-corrected chi connectivity index (χ3v) is 4.26. The van der Waals surface area contributed by atoms with Gasteiger partial charge in [0, 0.05) is 11.3 Å². The SMILES string of the molecule is Cc1ncnc(Oc2ccc(C#N)cc2)c1C1CCCCC1. The molecule has 1 fully saturated rings. The predicted octanol–water partition coefficient (Wildman–Crippen LogP) is 4.50. The summed E-state index contributed by atoms with van der Waals surface area (Å²) < 4.78 is 5.98. The Labute approximate surface area is 130 Å². The molecule has 0 aliphatic heterocycles. The van der Waals surface area contributed by atoms with Crippen LogP contribution in [-0.4, -0.2) is 9.97 Å². The molecule has 0 atom stereocenters. The summed E-state index contributed by atoms with van der Waals surface area (Å²) in [6.07, 6.45) is 7.75. The average Bonchev–Trinajstić information content (AvgIpc) is 2.56. The molecule has 1 aliphatic carbocycles. The molecule has 0 amide bonds. The first-order chi connectivity index (χ1) is 10.8. The van der Waals surface area contributed by atoms with Crippen LogP contribution in [-0.2, 0) is 0 Å². The lowest BCUT2D eigenvalue weighted by molar-refractivity contribution is 0.406. The maximum Gasteiger partial charge on any atom is 0.226 e. The normalized spacial score (nSPS) is 15.3. The van der Waals surface area contributed by atoms with Crippen molar-refractivity contribution in [2.75, 3.05) is 0 Å². The second kappa shape index (κ2) is 6.57. The van der Waals surface area contributed by atoms with Gasteiger partial charge in [-0.25, -0.2) is 9.97 Å². The number of nitrogens with zero attached hydrogens (tertiary/aromatic N) is 3. The molecule has 0 radical (unpaired) electrons. The first-order valence-electron chi connectivity index (χ1n) is 7.77. The van der Waals surface area contributed by atoms with E-state index in [1.807, 2.05) is 6.92 Å². The highest BCUT2D eigenvalue weighted by molar-refractivity contribution is 5.39. The fourth-order valence-electron chi connectivity index (χ4n) is 3.11. The molecule has 0 saturated heterocycles. The number of nitriles is 1. The van der Waals surface area contributed by atoms with E-state index < -0.39 is 0 Å². The van der Waals surface area contributed by atoms with Crippen LogP contribution in [0.15, 0.2) is 30.6 Å². The Bertz CT molecular complexity index is 682. The summed E-state index contributed by atoms with van der Waals surface area (Å²) in [5.74, 6) is 1.85. The lowest BCUT2D eigenvalue weighted by Gasteiger charge is -2.24. The van der Waals surface area contributed by atoms with Crippen LogP contribution in [0, 0.1) is 18.3 Å². The van der Waals surface area contributed by atoms with E-state index in [2.05, 4.69) is 16.0 Å². The third kappa shape index (κ3) is 3.09. The molecule has 0 unspecified atom stereocenters. The van der Waals surface area contributed by atoms with E-state index in [-0.39, 0.29) is 0 Å². The Morgan fingerprint density at radius 1 is 1.09 bits per heavy atom. The van der Waals surface area contributed by atoms with Crippen LogP contribution in [0.2, 0.25) is 0 Å². The van der Waals surface area contributed by atoms with Crippen LogP contribution < -0.4 is 4.74 Å². The van der Waals surface area contributed by atoms with Gasteiger partial charge in [-0.15, -0.1) is 0 Å². The highest BCUT2D eigenvalue weighted by atomic mass is 16.5. The van der Waals surface area contributed by atoms with E-state index in [4.69, 9.17) is 10.00 Å². The van der Waals surface area contributed by atoms with Crippen molar-refractivity contribution in [2.24, 2.45) is 0 Å². The summed E-state index contributed by atoms with van der Waals surface area (Å²) in [6.45, 7) is 2.03. The van der Waals surface area contributed by atoms with Gasteiger partial charge in [-0.05, 0) is 49.9 Å². The minimum atomic E-state index is 0.489. The second-order valence-corrected chi connectivity index (χ2v) is 5.75. The molecule has 3 rings (SSSR count). The van der Waals surface area contributed by atoms with Crippen LogP contribution in [0.25, 0.3) is 0 Å². The van der Waals surface area contributed by atoms with Crippen molar-refractivity contribution >= 4 is 0 Å². The summed E-state index contributed by atoms with van der Waals surface area (Å²) in [5.41, 5.74) is 2.77. The molecule has 1 heterocycles. The van der Waals surface area contributed by atoms with Gasteiger partial charge in [-0.1, -0.05) is 19.3 Å². The van der Waals surface area contributed by atoms with Gasteiger partial charge < -0.3 is 4.74 Å². The Balaban J connectivity index is 1.89. The van der Waals surface area contributed by atoms with Gasteiger partial charge in [0.25, 0.3) is 0 Å². The number of benzene rings is 1. The standard InChI is InChI=1S/C18H19N3O/c1-13-17(15-5-3-2-4-6-15)18(21-12-20-13)22-16-9-7-14(11-19)8-10-16/h7-10,12,15H,2-6H2,1H3. The lowest BCUT2D eigenvalue weighted by Crippen LogP contribution is -2.10. The predicted molar refractivity (Wildman–Crippen MR) is 83.8 cm³/mol. The fourth-order valence-corrected chi connectivity index (χ4v) is 3.11. The molecular weight excluding hydrogens is 274 g/mol. The molecular formula is C18H19N3O. The Kier molecular flexibility index (Phi) is 4.34. The zero-order valence-electron chi connectivity index (χ0n) is 12.7. The molecule has 1 saturated carbocycles. The molecule has 2 aromatic rings. The minimum Gasteiger partial charge on any atom is -0.439 e. The van der Waals surface area contributed by atoms with Crippen molar-refractivity contribution in [3.63, 3.8) is 0 Å². The van der Waals surface area contributed by atoms with Gasteiger partial charge in [0.15, 0.2) is 0 Å². The zero-order valence-corrected chi connectivity index (χ0v) is 12.7. The van der Waals surface area contributed by atoms with E-state index in [1.165, 1.54) is 32.1 Å². The summed E-state index contributed by atoms with van der Waals surface area (Å²) in [6, 6.07) is 9.23. The number of hydrogen-bond donors (Lipinski definition) is 0. The zero-order chi connectivity index (χ0) is 15.4. The van der Waals surface area contributed by atoms with Crippen LogP contribution in [0.3, 0.4) is 0 Å². The molecule has 22 heavy (non-hydrogen) atoms.